The molecule has 33 heavy (non-hydrogen) atoms. The Morgan fingerprint density at radius 3 is 2.58 bits per heavy atom. The molecular formula is C24H16Cl2N4O2S. The predicted molar refractivity (Wildman–Crippen MR) is 133 cm³/mol. The molecule has 0 unspecified atom stereocenters. The van der Waals surface area contributed by atoms with E-state index in [4.69, 9.17) is 28.3 Å². The van der Waals surface area contributed by atoms with Crippen LogP contribution >= 0.6 is 34.5 Å². The van der Waals surface area contributed by atoms with E-state index in [0.29, 0.717) is 14.8 Å². The van der Waals surface area contributed by atoms with E-state index in [2.05, 4.69) is 17.1 Å². The number of benzene rings is 3. The van der Waals surface area contributed by atoms with Gasteiger partial charge in [0.1, 0.15) is 5.69 Å². The molecule has 4 aromatic rings. The standard InChI is InChI=1S/C24H16Cl2N4O2S/c25-18-11-9-16(13-19(18)26)23-14-33-24(27-21-7-3-4-8-22(21)30(31)32)29(23)28-20-12-10-15-5-1-2-6-17(15)20/h1-9,11,13-14H,10,12H2. The first-order chi connectivity index (χ1) is 16.0. The molecule has 0 spiro atoms. The van der Waals surface area contributed by atoms with E-state index in [1.807, 2.05) is 23.6 Å². The molecule has 0 radical (unpaired) electrons. The number of halogens is 2. The number of hydrogen-bond donors (Lipinski definition) is 0. The third-order valence-corrected chi connectivity index (χ3v) is 6.93. The second-order valence-corrected chi connectivity index (χ2v) is 9.06. The van der Waals surface area contributed by atoms with Crippen LogP contribution in [0.25, 0.3) is 11.3 Å². The highest BCUT2D eigenvalue weighted by Gasteiger charge is 2.19. The van der Waals surface area contributed by atoms with Crippen molar-refractivity contribution in [3.8, 4) is 11.3 Å². The van der Waals surface area contributed by atoms with Crippen LogP contribution in [0, 0.1) is 10.1 Å². The lowest BCUT2D eigenvalue weighted by Gasteiger charge is -2.07. The highest BCUT2D eigenvalue weighted by atomic mass is 35.5. The van der Waals surface area contributed by atoms with Crippen LogP contribution in [0.5, 0.6) is 0 Å². The van der Waals surface area contributed by atoms with E-state index in [1.54, 1.807) is 35.0 Å². The molecule has 9 heteroatoms. The summed E-state index contributed by atoms with van der Waals surface area (Å²) in [5, 5.41) is 19.3. The van der Waals surface area contributed by atoms with Gasteiger partial charge < -0.3 is 0 Å². The molecule has 0 amide bonds. The topological polar surface area (TPSA) is 72.8 Å². The summed E-state index contributed by atoms with van der Waals surface area (Å²) in [7, 11) is 0. The van der Waals surface area contributed by atoms with Crippen LogP contribution in [-0.2, 0) is 6.42 Å². The number of fused-ring (bicyclic) bond motifs is 1. The van der Waals surface area contributed by atoms with Crippen LogP contribution in [0.2, 0.25) is 10.0 Å². The van der Waals surface area contributed by atoms with Crippen molar-refractivity contribution in [2.45, 2.75) is 12.8 Å². The Kier molecular flexibility index (Phi) is 5.85. The molecule has 1 aliphatic carbocycles. The molecule has 0 saturated carbocycles. The third-order valence-electron chi connectivity index (χ3n) is 5.38. The molecule has 0 atom stereocenters. The van der Waals surface area contributed by atoms with Crippen molar-refractivity contribution >= 4 is 51.6 Å². The van der Waals surface area contributed by atoms with Gasteiger partial charge in [-0.3, -0.25) is 10.1 Å². The maximum Gasteiger partial charge on any atom is 0.294 e. The number of nitro benzene ring substituents is 1. The van der Waals surface area contributed by atoms with Gasteiger partial charge in [-0.25, -0.2) is 9.67 Å². The number of thiazole rings is 1. The van der Waals surface area contributed by atoms with E-state index in [9.17, 15) is 10.1 Å². The lowest BCUT2D eigenvalue weighted by molar-refractivity contribution is -0.384. The number of aryl methyl sites for hydroxylation is 1. The number of rotatable bonds is 4. The molecule has 0 fully saturated rings. The summed E-state index contributed by atoms with van der Waals surface area (Å²) in [5.74, 6) is 0. The van der Waals surface area contributed by atoms with Crippen molar-refractivity contribution in [1.29, 1.82) is 0 Å². The normalized spacial score (nSPS) is 14.6. The molecule has 3 aromatic carbocycles. The minimum absolute atomic E-state index is 0.0626. The van der Waals surface area contributed by atoms with Crippen molar-refractivity contribution in [2.24, 2.45) is 10.1 Å². The molecule has 0 aliphatic heterocycles. The van der Waals surface area contributed by atoms with Gasteiger partial charge in [0.2, 0.25) is 4.80 Å². The summed E-state index contributed by atoms with van der Waals surface area (Å²) in [6, 6.07) is 20.0. The Bertz CT molecular complexity index is 1490. The fourth-order valence-corrected chi connectivity index (χ4v) is 4.92. The minimum Gasteiger partial charge on any atom is -0.258 e. The first kappa shape index (κ1) is 21.6. The van der Waals surface area contributed by atoms with Gasteiger partial charge >= 0.3 is 0 Å². The fraction of sp³-hybridized carbons (Fsp3) is 0.0833. The Labute approximate surface area is 203 Å². The molecule has 0 N–H and O–H groups in total. The van der Waals surface area contributed by atoms with Gasteiger partial charge in [0.15, 0.2) is 0 Å². The minimum atomic E-state index is -0.435. The van der Waals surface area contributed by atoms with Crippen molar-refractivity contribution < 1.29 is 4.92 Å². The molecule has 0 bridgehead atoms. The van der Waals surface area contributed by atoms with Crippen molar-refractivity contribution in [2.75, 3.05) is 0 Å². The molecular weight excluding hydrogens is 479 g/mol. The molecule has 1 aromatic heterocycles. The zero-order valence-corrected chi connectivity index (χ0v) is 19.4. The number of nitrogens with zero attached hydrogens (tertiary/aromatic N) is 4. The van der Waals surface area contributed by atoms with Gasteiger partial charge in [0.25, 0.3) is 5.69 Å². The number of nitro groups is 1. The molecule has 1 heterocycles. The van der Waals surface area contributed by atoms with E-state index in [0.717, 1.165) is 35.4 Å². The predicted octanol–water partition coefficient (Wildman–Crippen LogP) is 6.86. The monoisotopic (exact) mass is 494 g/mol. The van der Waals surface area contributed by atoms with Crippen molar-refractivity contribution in [3.63, 3.8) is 0 Å². The highest BCUT2D eigenvalue weighted by molar-refractivity contribution is 7.07. The maximum absolute atomic E-state index is 11.5. The Hall–Kier alpha value is -3.26. The Morgan fingerprint density at radius 1 is 0.970 bits per heavy atom. The number of para-hydroxylation sites is 2. The highest BCUT2D eigenvalue weighted by Crippen LogP contribution is 2.31. The van der Waals surface area contributed by atoms with E-state index in [-0.39, 0.29) is 11.4 Å². The summed E-state index contributed by atoms with van der Waals surface area (Å²) in [4.78, 5) is 16.2. The second-order valence-electron chi connectivity index (χ2n) is 7.41. The zero-order valence-electron chi connectivity index (χ0n) is 17.1. The largest absolute Gasteiger partial charge is 0.294 e. The van der Waals surface area contributed by atoms with Gasteiger partial charge in [-0.2, -0.15) is 5.10 Å². The van der Waals surface area contributed by atoms with Crippen molar-refractivity contribution in [1.82, 2.24) is 4.68 Å². The molecule has 0 saturated heterocycles. The first-order valence-electron chi connectivity index (χ1n) is 10.1. The van der Waals surface area contributed by atoms with Crippen LogP contribution in [0.1, 0.15) is 17.5 Å². The summed E-state index contributed by atoms with van der Waals surface area (Å²) in [6.07, 6.45) is 1.71. The SMILES string of the molecule is O=[N+]([O-])c1ccccc1N=c1scc(-c2ccc(Cl)c(Cl)c2)n1N=C1CCc2ccccc21. The molecule has 6 nitrogen and oxygen atoms in total. The average molecular weight is 495 g/mol. The number of hydrogen-bond acceptors (Lipinski definition) is 5. The van der Waals surface area contributed by atoms with Gasteiger partial charge in [0, 0.05) is 22.6 Å². The van der Waals surface area contributed by atoms with Crippen molar-refractivity contribution in [3.05, 3.63) is 108 Å². The van der Waals surface area contributed by atoms with E-state index >= 15 is 0 Å². The smallest absolute Gasteiger partial charge is 0.258 e. The fourth-order valence-electron chi connectivity index (χ4n) is 3.78. The molecule has 164 valence electrons. The lowest BCUT2D eigenvalue weighted by Crippen LogP contribution is -2.14. The van der Waals surface area contributed by atoms with Crippen LogP contribution in [-0.4, -0.2) is 15.3 Å². The molecule has 1 aliphatic rings. The second kappa shape index (κ2) is 8.94. The summed E-state index contributed by atoms with van der Waals surface area (Å²) < 4.78 is 1.73. The van der Waals surface area contributed by atoms with Gasteiger partial charge in [-0.1, -0.05) is 65.7 Å². The van der Waals surface area contributed by atoms with E-state index < -0.39 is 4.92 Å². The summed E-state index contributed by atoms with van der Waals surface area (Å²) in [5.41, 5.74) is 5.09. The molecule has 5 rings (SSSR count). The summed E-state index contributed by atoms with van der Waals surface area (Å²) >= 11 is 13.7. The third kappa shape index (κ3) is 4.23. The van der Waals surface area contributed by atoms with Crippen LogP contribution in [0.4, 0.5) is 11.4 Å². The Morgan fingerprint density at radius 2 is 1.76 bits per heavy atom. The van der Waals surface area contributed by atoms with Gasteiger partial charge in [0.05, 0.1) is 26.4 Å². The van der Waals surface area contributed by atoms with Gasteiger partial charge in [-0.15, -0.1) is 11.3 Å². The van der Waals surface area contributed by atoms with Crippen LogP contribution < -0.4 is 4.80 Å². The number of aromatic nitrogens is 1. The first-order valence-corrected chi connectivity index (χ1v) is 11.7. The average Bonchev–Trinajstić information content (AvgIpc) is 3.41. The van der Waals surface area contributed by atoms with Gasteiger partial charge in [-0.05, 0) is 36.6 Å². The van der Waals surface area contributed by atoms with E-state index in [1.165, 1.54) is 23.0 Å². The summed E-state index contributed by atoms with van der Waals surface area (Å²) in [6.45, 7) is 0. The Balaban J connectivity index is 1.73. The quantitative estimate of drug-likeness (QED) is 0.229. The van der Waals surface area contributed by atoms with Crippen LogP contribution in [0.3, 0.4) is 0 Å². The maximum atomic E-state index is 11.5. The van der Waals surface area contributed by atoms with Crippen LogP contribution in [0.15, 0.2) is 82.2 Å². The lowest BCUT2D eigenvalue weighted by atomic mass is 10.1. The zero-order chi connectivity index (χ0) is 22.9.